The minimum atomic E-state index is -3.22. The predicted molar refractivity (Wildman–Crippen MR) is 64.9 cm³/mol. The highest BCUT2D eigenvalue weighted by Crippen LogP contribution is 2.05. The summed E-state index contributed by atoms with van der Waals surface area (Å²) in [6.07, 6.45) is 3.81. The highest BCUT2D eigenvalue weighted by atomic mass is 35.5. The van der Waals surface area contributed by atoms with Crippen LogP contribution in [0, 0.1) is 6.92 Å². The van der Waals surface area contributed by atoms with Gasteiger partial charge < -0.3 is 0 Å². The fraction of sp³-hybridized carbons (Fsp3) is 0.500. The molecular weight excluding hydrogens is 248 g/mol. The van der Waals surface area contributed by atoms with Crippen molar-refractivity contribution >= 4 is 21.6 Å². The molecule has 90 valence electrons. The quantitative estimate of drug-likeness (QED) is 0.790. The Morgan fingerprint density at radius 1 is 1.50 bits per heavy atom. The molecule has 1 aromatic heterocycles. The van der Waals surface area contributed by atoms with E-state index in [0.29, 0.717) is 12.3 Å². The van der Waals surface area contributed by atoms with Crippen LogP contribution in [0.5, 0.6) is 0 Å². The van der Waals surface area contributed by atoms with Gasteiger partial charge in [-0.3, -0.25) is 4.98 Å². The van der Waals surface area contributed by atoms with Gasteiger partial charge in [0.1, 0.15) is 0 Å². The van der Waals surface area contributed by atoms with Crippen LogP contribution in [0.2, 0.25) is 0 Å². The van der Waals surface area contributed by atoms with Crippen molar-refractivity contribution in [3.8, 4) is 0 Å². The lowest BCUT2D eigenvalue weighted by Crippen LogP contribution is -2.26. The van der Waals surface area contributed by atoms with Gasteiger partial charge in [-0.1, -0.05) is 0 Å². The maximum absolute atomic E-state index is 11.5. The molecule has 1 heterocycles. The molecule has 0 amide bonds. The van der Waals surface area contributed by atoms with Gasteiger partial charge in [0.25, 0.3) is 0 Å². The number of nitrogens with one attached hydrogen (secondary N) is 1. The number of aromatic nitrogens is 1. The van der Waals surface area contributed by atoms with E-state index in [2.05, 4.69) is 9.71 Å². The van der Waals surface area contributed by atoms with Crippen molar-refractivity contribution < 1.29 is 8.42 Å². The molecule has 0 aliphatic rings. The minimum Gasteiger partial charge on any atom is -0.264 e. The number of nitrogens with zero attached hydrogens (tertiary/aromatic N) is 1. The smallest absolute Gasteiger partial charge is 0.211 e. The van der Waals surface area contributed by atoms with E-state index in [4.69, 9.17) is 11.6 Å². The van der Waals surface area contributed by atoms with E-state index >= 15 is 0 Å². The largest absolute Gasteiger partial charge is 0.264 e. The summed E-state index contributed by atoms with van der Waals surface area (Å²) >= 11 is 5.45. The van der Waals surface area contributed by atoms with Crippen molar-refractivity contribution in [3.63, 3.8) is 0 Å². The Balaban J connectivity index is 2.55. The highest BCUT2D eigenvalue weighted by molar-refractivity contribution is 7.89. The Labute approximate surface area is 101 Å². The van der Waals surface area contributed by atoms with Gasteiger partial charge in [-0.25, -0.2) is 13.1 Å². The fourth-order valence-corrected chi connectivity index (χ4v) is 2.52. The number of hydrogen-bond acceptors (Lipinski definition) is 3. The normalized spacial score (nSPS) is 11.6. The molecule has 4 nitrogen and oxygen atoms in total. The van der Waals surface area contributed by atoms with Gasteiger partial charge in [-0.15, -0.1) is 11.6 Å². The summed E-state index contributed by atoms with van der Waals surface area (Å²) in [7, 11) is -3.22. The highest BCUT2D eigenvalue weighted by Gasteiger charge is 2.09. The number of pyridine rings is 1. The third-order valence-electron chi connectivity index (χ3n) is 2.18. The molecule has 0 unspecified atom stereocenters. The monoisotopic (exact) mass is 262 g/mol. The third-order valence-corrected chi connectivity index (χ3v) is 3.85. The summed E-state index contributed by atoms with van der Waals surface area (Å²) in [6, 6.07) is 1.85. The van der Waals surface area contributed by atoms with Crippen LogP contribution in [0.15, 0.2) is 18.5 Å². The van der Waals surface area contributed by atoms with Gasteiger partial charge in [-0.2, -0.15) is 0 Å². The summed E-state index contributed by atoms with van der Waals surface area (Å²) in [6.45, 7) is 2.20. The van der Waals surface area contributed by atoms with Crippen molar-refractivity contribution in [2.24, 2.45) is 0 Å². The van der Waals surface area contributed by atoms with Crippen molar-refractivity contribution in [2.75, 3.05) is 11.6 Å². The van der Waals surface area contributed by atoms with Crippen LogP contribution in [0.4, 0.5) is 0 Å². The van der Waals surface area contributed by atoms with Crippen LogP contribution in [-0.2, 0) is 16.6 Å². The summed E-state index contributed by atoms with van der Waals surface area (Å²) in [4.78, 5) is 3.95. The lowest BCUT2D eigenvalue weighted by atomic mass is 10.2. The number of halogens is 1. The second-order valence-electron chi connectivity index (χ2n) is 3.48. The SMILES string of the molecule is Cc1ccncc1CNS(=O)(=O)CCCCl. The lowest BCUT2D eigenvalue weighted by Gasteiger charge is -2.07. The number of aryl methyl sites for hydroxylation is 1. The summed E-state index contributed by atoms with van der Waals surface area (Å²) in [5, 5.41) is 0. The maximum Gasteiger partial charge on any atom is 0.211 e. The first-order chi connectivity index (χ1) is 7.55. The van der Waals surface area contributed by atoms with E-state index < -0.39 is 10.0 Å². The second kappa shape index (κ2) is 6.18. The molecule has 1 aromatic rings. The van der Waals surface area contributed by atoms with Gasteiger partial charge in [0, 0.05) is 24.8 Å². The third kappa shape index (κ3) is 4.47. The van der Waals surface area contributed by atoms with Crippen LogP contribution >= 0.6 is 11.6 Å². The molecule has 0 spiro atoms. The van der Waals surface area contributed by atoms with Crippen LogP contribution < -0.4 is 4.72 Å². The second-order valence-corrected chi connectivity index (χ2v) is 5.79. The van der Waals surface area contributed by atoms with Crippen molar-refractivity contribution in [1.29, 1.82) is 0 Å². The molecule has 6 heteroatoms. The van der Waals surface area contributed by atoms with Crippen molar-refractivity contribution in [1.82, 2.24) is 9.71 Å². The molecule has 0 saturated heterocycles. The van der Waals surface area contributed by atoms with Crippen LogP contribution in [0.25, 0.3) is 0 Å². The Morgan fingerprint density at radius 3 is 2.88 bits per heavy atom. The Morgan fingerprint density at radius 2 is 2.25 bits per heavy atom. The topological polar surface area (TPSA) is 59.1 Å². The average Bonchev–Trinajstić information content (AvgIpc) is 2.26. The number of rotatable bonds is 6. The zero-order valence-corrected chi connectivity index (χ0v) is 10.7. The first-order valence-corrected chi connectivity index (χ1v) is 7.16. The summed E-state index contributed by atoms with van der Waals surface area (Å²) in [5.41, 5.74) is 1.91. The maximum atomic E-state index is 11.5. The molecular formula is C10H15ClN2O2S. The van der Waals surface area contributed by atoms with E-state index in [9.17, 15) is 8.42 Å². The molecule has 0 fully saturated rings. The van der Waals surface area contributed by atoms with Gasteiger partial charge >= 0.3 is 0 Å². The standard InChI is InChI=1S/C10H15ClN2O2S/c1-9-3-5-12-7-10(9)8-13-16(14,15)6-2-4-11/h3,5,7,13H,2,4,6,8H2,1H3. The van der Waals surface area contributed by atoms with Crippen molar-refractivity contribution in [3.05, 3.63) is 29.6 Å². The van der Waals surface area contributed by atoms with E-state index in [0.717, 1.165) is 11.1 Å². The van der Waals surface area contributed by atoms with Gasteiger partial charge in [0.15, 0.2) is 0 Å². The van der Waals surface area contributed by atoms with Crippen LogP contribution in [-0.4, -0.2) is 25.0 Å². The zero-order chi connectivity index (χ0) is 12.0. The molecule has 1 rings (SSSR count). The lowest BCUT2D eigenvalue weighted by molar-refractivity contribution is 0.580. The summed E-state index contributed by atoms with van der Waals surface area (Å²) < 4.78 is 25.5. The van der Waals surface area contributed by atoms with E-state index in [1.165, 1.54) is 0 Å². The molecule has 0 bridgehead atoms. The minimum absolute atomic E-state index is 0.0653. The van der Waals surface area contributed by atoms with Crippen LogP contribution in [0.3, 0.4) is 0 Å². The van der Waals surface area contributed by atoms with Crippen LogP contribution in [0.1, 0.15) is 17.5 Å². The number of alkyl halides is 1. The van der Waals surface area contributed by atoms with E-state index in [-0.39, 0.29) is 12.3 Å². The average molecular weight is 263 g/mol. The Hall–Kier alpha value is -0.650. The zero-order valence-electron chi connectivity index (χ0n) is 9.11. The molecule has 0 aliphatic carbocycles. The number of hydrogen-bond donors (Lipinski definition) is 1. The molecule has 1 N–H and O–H groups in total. The molecule has 0 radical (unpaired) electrons. The van der Waals surface area contributed by atoms with E-state index in [1.54, 1.807) is 12.4 Å². The van der Waals surface area contributed by atoms with Gasteiger partial charge in [0.2, 0.25) is 10.0 Å². The first kappa shape index (κ1) is 13.4. The predicted octanol–water partition coefficient (Wildman–Crippen LogP) is 1.44. The van der Waals surface area contributed by atoms with Gasteiger partial charge in [-0.05, 0) is 30.5 Å². The molecule has 0 aliphatic heterocycles. The number of sulfonamides is 1. The van der Waals surface area contributed by atoms with E-state index in [1.807, 2.05) is 13.0 Å². The Bertz CT molecular complexity index is 434. The fourth-order valence-electron chi connectivity index (χ4n) is 1.19. The Kier molecular flexibility index (Phi) is 5.18. The molecule has 0 atom stereocenters. The van der Waals surface area contributed by atoms with Crippen molar-refractivity contribution in [2.45, 2.75) is 19.9 Å². The molecule has 0 saturated carbocycles. The van der Waals surface area contributed by atoms with Gasteiger partial charge in [0.05, 0.1) is 5.75 Å². The molecule has 0 aromatic carbocycles. The molecule has 16 heavy (non-hydrogen) atoms. The summed E-state index contributed by atoms with van der Waals surface area (Å²) in [5.74, 6) is 0.419. The first-order valence-electron chi connectivity index (χ1n) is 4.98.